The van der Waals surface area contributed by atoms with E-state index < -0.39 is 23.9 Å². The number of ether oxygens (including phenoxy) is 1. The largest absolute Gasteiger partial charge is 0.457 e. The van der Waals surface area contributed by atoms with Gasteiger partial charge in [-0.15, -0.1) is 0 Å². The second-order valence-electron chi connectivity index (χ2n) is 6.89. The average Bonchev–Trinajstić information content (AvgIpc) is 2.65. The first-order chi connectivity index (χ1) is 13.8. The Morgan fingerprint density at radius 1 is 1.21 bits per heavy atom. The number of hydrogen-bond acceptors (Lipinski definition) is 4. The van der Waals surface area contributed by atoms with Crippen LogP contribution in [-0.2, 0) is 28.4 Å². The van der Waals surface area contributed by atoms with E-state index in [1.54, 1.807) is 24.3 Å². The average molecular weight is 428 g/mol. The smallest absolute Gasteiger partial charge is 0.389 e. The summed E-state index contributed by atoms with van der Waals surface area (Å²) in [5.74, 6) is 1.36. The van der Waals surface area contributed by atoms with Gasteiger partial charge in [-0.25, -0.2) is 4.21 Å². The number of anilines is 1. The van der Waals surface area contributed by atoms with Crippen LogP contribution in [0.1, 0.15) is 24.0 Å². The maximum Gasteiger partial charge on any atom is 0.389 e. The Labute approximate surface area is 170 Å². The predicted molar refractivity (Wildman–Crippen MR) is 106 cm³/mol. The lowest BCUT2D eigenvalue weighted by molar-refractivity contribution is -0.136. The van der Waals surface area contributed by atoms with Crippen molar-refractivity contribution < 1.29 is 26.3 Å². The van der Waals surface area contributed by atoms with Crippen molar-refractivity contribution in [3.05, 3.63) is 53.6 Å². The number of alkyl halides is 3. The molecule has 158 valence electrons. The molecule has 1 unspecified atom stereocenters. The summed E-state index contributed by atoms with van der Waals surface area (Å²) in [6.45, 7) is 1.58. The Hall–Kier alpha value is -2.10. The summed E-state index contributed by atoms with van der Waals surface area (Å²) in [6, 6.07) is 12.8. The molecule has 0 fully saturated rings. The van der Waals surface area contributed by atoms with Crippen LogP contribution in [0.5, 0.6) is 11.5 Å². The second-order valence-corrected chi connectivity index (χ2v) is 7.80. The topological polar surface area (TPSA) is 50.8 Å². The molecule has 1 aliphatic rings. The molecule has 3 rings (SSSR count). The van der Waals surface area contributed by atoms with Crippen LogP contribution in [0.2, 0.25) is 0 Å². The molecule has 0 radical (unpaired) electrons. The van der Waals surface area contributed by atoms with Crippen molar-refractivity contribution in [3.8, 4) is 11.5 Å². The summed E-state index contributed by atoms with van der Waals surface area (Å²) in [7, 11) is 2.08. The molecular weight excluding hydrogens is 405 g/mol. The van der Waals surface area contributed by atoms with E-state index in [-0.39, 0.29) is 13.0 Å². The van der Waals surface area contributed by atoms with Crippen molar-refractivity contribution in [2.75, 3.05) is 24.9 Å². The lowest BCUT2D eigenvalue weighted by Crippen LogP contribution is -2.26. The number of halogens is 3. The second kappa shape index (κ2) is 9.60. The Bertz CT molecular complexity index is 861. The van der Waals surface area contributed by atoms with Crippen molar-refractivity contribution >= 4 is 17.0 Å². The lowest BCUT2D eigenvalue weighted by Gasteiger charge is -2.26. The van der Waals surface area contributed by atoms with Crippen molar-refractivity contribution in [3.63, 3.8) is 0 Å². The fourth-order valence-corrected chi connectivity index (χ4v) is 3.74. The van der Waals surface area contributed by atoms with Crippen LogP contribution in [0.3, 0.4) is 0 Å². The minimum Gasteiger partial charge on any atom is -0.457 e. The van der Waals surface area contributed by atoms with Crippen LogP contribution in [-0.4, -0.2) is 35.5 Å². The van der Waals surface area contributed by atoms with E-state index in [4.69, 9.17) is 8.92 Å². The van der Waals surface area contributed by atoms with E-state index >= 15 is 0 Å². The maximum atomic E-state index is 12.1. The van der Waals surface area contributed by atoms with Gasteiger partial charge in [-0.05, 0) is 43.7 Å². The van der Waals surface area contributed by atoms with Gasteiger partial charge in [0.2, 0.25) is 0 Å². The molecule has 0 saturated carbocycles. The highest BCUT2D eigenvalue weighted by atomic mass is 32.2. The first-order valence-corrected chi connectivity index (χ1v) is 10.3. The highest BCUT2D eigenvalue weighted by molar-refractivity contribution is 7.81. The van der Waals surface area contributed by atoms with Crippen LogP contribution in [0, 0.1) is 0 Å². The summed E-state index contributed by atoms with van der Waals surface area (Å²) < 4.78 is 61.8. The zero-order chi connectivity index (χ0) is 20.9. The third kappa shape index (κ3) is 6.73. The van der Waals surface area contributed by atoms with E-state index in [1.165, 1.54) is 11.1 Å². The summed E-state index contributed by atoms with van der Waals surface area (Å²) in [4.78, 5) is 2.25. The molecule has 0 bridgehead atoms. The Balaban J connectivity index is 1.58. The van der Waals surface area contributed by atoms with Gasteiger partial charge in [0, 0.05) is 31.1 Å². The molecule has 0 saturated heterocycles. The summed E-state index contributed by atoms with van der Waals surface area (Å²) in [5.41, 5.74) is 2.90. The number of rotatable bonds is 8. The van der Waals surface area contributed by atoms with E-state index in [1.807, 2.05) is 12.1 Å². The van der Waals surface area contributed by atoms with Gasteiger partial charge in [-0.3, -0.25) is 8.91 Å². The van der Waals surface area contributed by atoms with Gasteiger partial charge in [0.05, 0.1) is 12.3 Å². The Kier molecular flexibility index (Phi) is 7.15. The van der Waals surface area contributed by atoms with Gasteiger partial charge in [-0.2, -0.15) is 13.2 Å². The normalized spacial score (nSPS) is 15.6. The first kappa shape index (κ1) is 21.6. The minimum absolute atomic E-state index is 0.242. The summed E-state index contributed by atoms with van der Waals surface area (Å²) >= 11 is -1.94. The van der Waals surface area contributed by atoms with Gasteiger partial charge in [0.1, 0.15) is 11.5 Å². The summed E-state index contributed by atoms with van der Waals surface area (Å²) in [6.07, 6.45) is -4.55. The molecule has 1 aliphatic heterocycles. The van der Waals surface area contributed by atoms with E-state index in [9.17, 15) is 17.4 Å². The van der Waals surface area contributed by atoms with Crippen LogP contribution in [0.25, 0.3) is 0 Å². The van der Waals surface area contributed by atoms with Crippen molar-refractivity contribution in [2.45, 2.75) is 32.0 Å². The number of hydrogen-bond donors (Lipinski definition) is 1. The van der Waals surface area contributed by atoms with E-state index in [0.717, 1.165) is 25.3 Å². The molecule has 5 nitrogen and oxygen atoms in total. The molecule has 1 heterocycles. The third-order valence-corrected chi connectivity index (χ3v) is 5.25. The first-order valence-electron chi connectivity index (χ1n) is 9.26. The molecule has 0 amide bonds. The Morgan fingerprint density at radius 3 is 2.79 bits per heavy atom. The fourth-order valence-electron chi connectivity index (χ4n) is 3.09. The van der Waals surface area contributed by atoms with Gasteiger partial charge in [0.25, 0.3) is 11.3 Å². The highest BCUT2D eigenvalue weighted by Crippen LogP contribution is 2.32. The monoisotopic (exact) mass is 428 g/mol. The molecule has 2 aromatic rings. The van der Waals surface area contributed by atoms with Crippen LogP contribution >= 0.6 is 0 Å². The Morgan fingerprint density at radius 2 is 2.00 bits per heavy atom. The van der Waals surface area contributed by atoms with Crippen molar-refractivity contribution in [1.29, 1.82) is 0 Å². The number of benzene rings is 2. The molecular formula is C20H23F3N2O3S. The molecule has 2 aromatic carbocycles. The number of nitrogens with one attached hydrogen (secondary N) is 1. The van der Waals surface area contributed by atoms with Crippen LogP contribution in [0.15, 0.2) is 42.5 Å². The van der Waals surface area contributed by atoms with Crippen LogP contribution in [0.4, 0.5) is 18.9 Å². The number of nitrogens with zero attached hydrogens (tertiary/aromatic N) is 1. The van der Waals surface area contributed by atoms with Gasteiger partial charge >= 0.3 is 6.18 Å². The summed E-state index contributed by atoms with van der Waals surface area (Å²) in [5, 5.41) is 0. The predicted octanol–water partition coefficient (Wildman–Crippen LogP) is 4.82. The number of fused-ring (bicyclic) bond motifs is 1. The van der Waals surface area contributed by atoms with Gasteiger partial charge in [-0.1, -0.05) is 18.2 Å². The van der Waals surface area contributed by atoms with Gasteiger partial charge < -0.3 is 9.64 Å². The lowest BCUT2D eigenvalue weighted by atomic mass is 9.99. The molecule has 9 heteroatoms. The fraction of sp³-hybridized carbons (Fsp3) is 0.400. The third-order valence-electron chi connectivity index (χ3n) is 4.47. The van der Waals surface area contributed by atoms with E-state index in [0.29, 0.717) is 11.4 Å². The molecule has 0 aliphatic carbocycles. The molecule has 29 heavy (non-hydrogen) atoms. The molecule has 1 N–H and O–H groups in total. The van der Waals surface area contributed by atoms with Crippen molar-refractivity contribution in [1.82, 2.24) is 4.90 Å². The van der Waals surface area contributed by atoms with Crippen molar-refractivity contribution in [2.24, 2.45) is 0 Å². The molecule has 0 spiro atoms. The SMILES string of the molecule is CN1CCc2c(cccc2Oc2cccc(NS(=O)OCCCC(F)(F)F)c2)C1. The highest BCUT2D eigenvalue weighted by Gasteiger charge is 2.26. The van der Waals surface area contributed by atoms with E-state index in [2.05, 4.69) is 22.7 Å². The zero-order valence-corrected chi connectivity index (χ0v) is 16.8. The zero-order valence-electron chi connectivity index (χ0n) is 16.0. The number of likely N-dealkylation sites (N-methyl/N-ethyl adjacent to an activating group) is 1. The standard InChI is InChI=1S/C20H23F3N2O3S/c1-25-11-9-18-15(14-25)5-2-8-19(18)28-17-7-3-6-16(13-17)24-29(26)27-12-4-10-20(21,22)23/h2-3,5-8,13,24H,4,9-12,14H2,1H3. The quantitative estimate of drug-likeness (QED) is 0.613. The molecule has 1 atom stereocenters. The maximum absolute atomic E-state index is 12.1. The van der Waals surface area contributed by atoms with Gasteiger partial charge in [0.15, 0.2) is 0 Å². The molecule has 0 aromatic heterocycles. The minimum atomic E-state index is -4.24. The van der Waals surface area contributed by atoms with Crippen LogP contribution < -0.4 is 9.46 Å².